The molecule has 19 heteroatoms. The van der Waals surface area contributed by atoms with Crippen molar-refractivity contribution < 1.29 is 80.2 Å². The molecule has 0 fully saturated rings. The van der Waals surface area contributed by atoms with E-state index in [0.29, 0.717) is 25.7 Å². The summed E-state index contributed by atoms with van der Waals surface area (Å²) in [7, 11) is -9.89. The van der Waals surface area contributed by atoms with Gasteiger partial charge in [-0.2, -0.15) is 0 Å². The molecule has 0 aromatic heterocycles. The van der Waals surface area contributed by atoms with Gasteiger partial charge in [-0.3, -0.25) is 37.3 Å². The maximum absolute atomic E-state index is 13.0. The largest absolute Gasteiger partial charge is 0.472 e. The molecule has 540 valence electrons. The predicted octanol–water partition coefficient (Wildman–Crippen LogP) is 21.1. The van der Waals surface area contributed by atoms with Crippen LogP contribution >= 0.6 is 15.6 Å². The molecule has 5 atom stereocenters. The van der Waals surface area contributed by atoms with E-state index in [2.05, 4.69) is 27.7 Å². The lowest BCUT2D eigenvalue weighted by atomic mass is 10.0. The molecule has 0 bridgehead atoms. The fraction of sp³-hybridized carbons (Fsp3) is 0.944. The SMILES string of the molecule is CCCCCCCCCCCCCCCCCCCC(=O)O[C@H](COC(=O)CCCCCCCCCCCCCCCCCC)COP(=O)(O)OC[C@@H](O)COP(=O)(O)OC[C@@H](COC(=O)CCCCCCCCC)OC(=O)CCCCCCCCCCCCC. The van der Waals surface area contributed by atoms with Gasteiger partial charge >= 0.3 is 39.5 Å². The third-order valence-corrected chi connectivity index (χ3v) is 18.8. The predicted molar refractivity (Wildman–Crippen MR) is 368 cm³/mol. The first-order valence-electron chi connectivity index (χ1n) is 37.8. The monoisotopic (exact) mass is 1340 g/mol. The van der Waals surface area contributed by atoms with Gasteiger partial charge in [-0.25, -0.2) is 9.13 Å². The van der Waals surface area contributed by atoms with Gasteiger partial charge in [-0.15, -0.1) is 0 Å². The van der Waals surface area contributed by atoms with Gasteiger partial charge in [-0.05, 0) is 25.7 Å². The molecule has 0 aromatic rings. The molecule has 0 radical (unpaired) electrons. The van der Waals surface area contributed by atoms with Crippen LogP contribution in [-0.2, 0) is 65.4 Å². The lowest BCUT2D eigenvalue weighted by Gasteiger charge is -2.21. The number of rotatable bonds is 73. The second-order valence-electron chi connectivity index (χ2n) is 26.0. The van der Waals surface area contributed by atoms with E-state index < -0.39 is 97.5 Å². The second kappa shape index (κ2) is 66.7. The molecule has 0 saturated heterocycles. The molecule has 2 unspecified atom stereocenters. The Kier molecular flexibility index (Phi) is 65.2. The molecule has 0 heterocycles. The Hall–Kier alpha value is -1.94. The molecule has 0 rings (SSSR count). The van der Waals surface area contributed by atoms with Crippen LogP contribution in [0.4, 0.5) is 0 Å². The van der Waals surface area contributed by atoms with E-state index in [0.717, 1.165) is 103 Å². The van der Waals surface area contributed by atoms with Gasteiger partial charge in [0.05, 0.1) is 26.4 Å². The number of hydrogen-bond donors (Lipinski definition) is 3. The Balaban J connectivity index is 5.19. The van der Waals surface area contributed by atoms with Crippen molar-refractivity contribution >= 4 is 39.5 Å². The molecule has 0 aliphatic carbocycles. The third-order valence-electron chi connectivity index (χ3n) is 16.9. The fourth-order valence-electron chi connectivity index (χ4n) is 11.0. The highest BCUT2D eigenvalue weighted by molar-refractivity contribution is 7.47. The Bertz CT molecular complexity index is 1740. The summed E-state index contributed by atoms with van der Waals surface area (Å²) < 4.78 is 68.3. The number of carbonyl (C=O) groups is 4. The molecular weight excluding hydrogens is 1200 g/mol. The van der Waals surface area contributed by atoms with Crippen molar-refractivity contribution in [2.75, 3.05) is 39.6 Å². The van der Waals surface area contributed by atoms with Crippen LogP contribution < -0.4 is 0 Å². The van der Waals surface area contributed by atoms with E-state index in [1.54, 1.807) is 0 Å². The summed E-state index contributed by atoms with van der Waals surface area (Å²) >= 11 is 0. The first-order valence-corrected chi connectivity index (χ1v) is 40.8. The summed E-state index contributed by atoms with van der Waals surface area (Å²) in [6.07, 6.45) is 55.6. The summed E-state index contributed by atoms with van der Waals surface area (Å²) in [6, 6.07) is 0. The first-order chi connectivity index (χ1) is 44.2. The zero-order chi connectivity index (χ0) is 66.8. The van der Waals surface area contributed by atoms with Crippen molar-refractivity contribution in [3.8, 4) is 0 Å². The molecule has 0 amide bonds. The van der Waals surface area contributed by atoms with Gasteiger partial charge in [0.15, 0.2) is 12.2 Å². The van der Waals surface area contributed by atoms with Gasteiger partial charge in [-0.1, -0.05) is 329 Å². The van der Waals surface area contributed by atoms with E-state index in [4.69, 9.17) is 37.0 Å². The molecular formula is C72H140O17P2. The number of unbranched alkanes of at least 4 members (excludes halogenated alkanes) is 47. The average Bonchev–Trinajstić information content (AvgIpc) is 3.73. The number of carbonyl (C=O) groups excluding carboxylic acids is 4. The summed E-state index contributed by atoms with van der Waals surface area (Å²) in [5.41, 5.74) is 0. The lowest BCUT2D eigenvalue weighted by molar-refractivity contribution is -0.161. The van der Waals surface area contributed by atoms with Crippen LogP contribution in [0, 0.1) is 0 Å². The van der Waals surface area contributed by atoms with Crippen molar-refractivity contribution in [2.45, 2.75) is 399 Å². The number of aliphatic hydroxyl groups is 1. The highest BCUT2D eigenvalue weighted by Crippen LogP contribution is 2.45. The minimum absolute atomic E-state index is 0.107. The Morgan fingerprint density at radius 3 is 0.648 bits per heavy atom. The van der Waals surface area contributed by atoms with Gasteiger partial charge in [0.2, 0.25) is 0 Å². The number of esters is 4. The minimum atomic E-state index is -4.95. The molecule has 17 nitrogen and oxygen atoms in total. The number of phosphoric ester groups is 2. The molecule has 0 aliphatic heterocycles. The van der Waals surface area contributed by atoms with Crippen molar-refractivity contribution in [2.24, 2.45) is 0 Å². The summed E-state index contributed by atoms with van der Waals surface area (Å²) in [5.74, 6) is -2.12. The number of aliphatic hydroxyl groups excluding tert-OH is 1. The molecule has 0 saturated carbocycles. The van der Waals surface area contributed by atoms with Crippen LogP contribution in [0.1, 0.15) is 381 Å². The number of phosphoric acid groups is 2. The van der Waals surface area contributed by atoms with Crippen LogP contribution in [0.15, 0.2) is 0 Å². The average molecular weight is 1340 g/mol. The summed E-state index contributed by atoms with van der Waals surface area (Å²) in [4.78, 5) is 72.5. The van der Waals surface area contributed by atoms with E-state index in [9.17, 15) is 43.2 Å². The van der Waals surface area contributed by atoms with E-state index >= 15 is 0 Å². The zero-order valence-corrected chi connectivity index (χ0v) is 60.6. The standard InChI is InChI=1S/C72H140O17P2/c1-5-9-13-17-21-24-27-29-31-33-35-37-40-43-47-51-55-59-72(77)89-68(63-83-70(75)57-53-49-45-41-39-36-34-32-30-28-25-22-18-14-10-6-2)65-87-91(80,81)85-61-66(73)60-84-90(78,79)86-64-67(62-82-69(74)56-52-48-44-20-16-12-8-4)88-71(76)58-54-50-46-42-38-26-23-19-15-11-7-3/h66-68,73H,5-65H2,1-4H3,(H,78,79)(H,80,81)/t66-,67+,68+/m0/s1. The van der Waals surface area contributed by atoms with Crippen LogP contribution in [0.25, 0.3) is 0 Å². The number of hydrogen-bond acceptors (Lipinski definition) is 15. The van der Waals surface area contributed by atoms with Crippen LogP contribution in [0.5, 0.6) is 0 Å². The maximum Gasteiger partial charge on any atom is 0.472 e. The molecule has 0 aliphatic rings. The highest BCUT2D eigenvalue weighted by atomic mass is 31.2. The van der Waals surface area contributed by atoms with Gasteiger partial charge in [0, 0.05) is 25.7 Å². The van der Waals surface area contributed by atoms with Gasteiger partial charge < -0.3 is 33.8 Å². The quantitative estimate of drug-likeness (QED) is 0.0222. The minimum Gasteiger partial charge on any atom is -0.462 e. The topological polar surface area (TPSA) is 237 Å². The molecule has 0 spiro atoms. The molecule has 3 N–H and O–H groups in total. The summed E-state index contributed by atoms with van der Waals surface area (Å²) in [5, 5.41) is 10.6. The first kappa shape index (κ1) is 89.1. The smallest absolute Gasteiger partial charge is 0.462 e. The fourth-order valence-corrected chi connectivity index (χ4v) is 12.6. The van der Waals surface area contributed by atoms with Crippen LogP contribution in [0.3, 0.4) is 0 Å². The lowest BCUT2D eigenvalue weighted by Crippen LogP contribution is -2.30. The zero-order valence-electron chi connectivity index (χ0n) is 58.8. The Labute approximate surface area is 556 Å². The van der Waals surface area contributed by atoms with E-state index in [-0.39, 0.29) is 25.7 Å². The van der Waals surface area contributed by atoms with E-state index in [1.807, 2.05) is 0 Å². The number of ether oxygens (including phenoxy) is 4. The Morgan fingerprint density at radius 1 is 0.264 bits per heavy atom. The van der Waals surface area contributed by atoms with Crippen molar-refractivity contribution in [3.05, 3.63) is 0 Å². The Morgan fingerprint density at radius 2 is 0.440 bits per heavy atom. The highest BCUT2D eigenvalue weighted by Gasteiger charge is 2.30. The van der Waals surface area contributed by atoms with Crippen LogP contribution in [-0.4, -0.2) is 96.7 Å². The molecule has 0 aromatic carbocycles. The van der Waals surface area contributed by atoms with Crippen molar-refractivity contribution in [3.63, 3.8) is 0 Å². The third kappa shape index (κ3) is 66.5. The van der Waals surface area contributed by atoms with Crippen LogP contribution in [0.2, 0.25) is 0 Å². The molecule has 91 heavy (non-hydrogen) atoms. The van der Waals surface area contributed by atoms with E-state index in [1.165, 1.54) is 199 Å². The van der Waals surface area contributed by atoms with Crippen molar-refractivity contribution in [1.82, 2.24) is 0 Å². The van der Waals surface area contributed by atoms with Gasteiger partial charge in [0.25, 0.3) is 0 Å². The summed E-state index contributed by atoms with van der Waals surface area (Å²) in [6.45, 7) is 4.92. The second-order valence-corrected chi connectivity index (χ2v) is 28.9. The van der Waals surface area contributed by atoms with Crippen molar-refractivity contribution in [1.29, 1.82) is 0 Å². The normalized spacial score (nSPS) is 14.0. The maximum atomic E-state index is 13.0. The van der Waals surface area contributed by atoms with Gasteiger partial charge in [0.1, 0.15) is 19.3 Å².